The van der Waals surface area contributed by atoms with Gasteiger partial charge in [0.05, 0.1) is 43.0 Å². The Morgan fingerprint density at radius 1 is 0.613 bits per heavy atom. The molecule has 430 valence electrons. The first-order valence-electron chi connectivity index (χ1n) is 27.3. The smallest absolute Gasteiger partial charge is 0.310 e. The van der Waals surface area contributed by atoms with E-state index < -0.39 is 171 Å². The topological polar surface area (TPSA) is 354 Å². The van der Waals surface area contributed by atoms with E-state index in [1.165, 1.54) is 6.92 Å². The van der Waals surface area contributed by atoms with Gasteiger partial charge in [-0.15, -0.1) is 0 Å². The number of aliphatic carboxylic acids is 1. The zero-order valence-electron chi connectivity index (χ0n) is 44.4. The third-order valence-electron chi connectivity index (χ3n) is 21.5. The van der Waals surface area contributed by atoms with Crippen molar-refractivity contribution in [2.75, 3.05) is 19.8 Å². The molecule has 4 saturated carbocycles. The molecule has 5 aliphatic carbocycles. The van der Waals surface area contributed by atoms with Crippen molar-refractivity contribution in [3.63, 3.8) is 0 Å². The van der Waals surface area contributed by atoms with Crippen LogP contribution in [0, 0.1) is 50.7 Å². The van der Waals surface area contributed by atoms with E-state index in [0.717, 1.165) is 31.3 Å². The third-order valence-corrected chi connectivity index (χ3v) is 21.5. The van der Waals surface area contributed by atoms with E-state index in [9.17, 15) is 71.2 Å². The van der Waals surface area contributed by atoms with Crippen LogP contribution in [0.15, 0.2) is 11.6 Å². The molecule has 9 rings (SSSR count). The molecule has 22 nitrogen and oxygen atoms in total. The van der Waals surface area contributed by atoms with Crippen molar-refractivity contribution in [3.05, 3.63) is 11.6 Å². The van der Waals surface area contributed by atoms with Gasteiger partial charge in [-0.25, -0.2) is 0 Å². The van der Waals surface area contributed by atoms with Crippen molar-refractivity contribution >= 4 is 5.97 Å². The van der Waals surface area contributed by atoms with Crippen molar-refractivity contribution < 1.29 is 109 Å². The van der Waals surface area contributed by atoms with Gasteiger partial charge in [0, 0.05) is 5.92 Å². The molecule has 0 bridgehead atoms. The van der Waals surface area contributed by atoms with Gasteiger partial charge in [-0.3, -0.25) is 4.79 Å². The number of aliphatic hydroxyl groups is 12. The fourth-order valence-corrected chi connectivity index (χ4v) is 16.5. The fourth-order valence-electron chi connectivity index (χ4n) is 16.5. The highest BCUT2D eigenvalue weighted by atomic mass is 16.8. The van der Waals surface area contributed by atoms with E-state index in [1.54, 1.807) is 0 Å². The molecule has 0 amide bonds. The molecular formula is C53H86O22. The van der Waals surface area contributed by atoms with Crippen molar-refractivity contribution in [2.24, 2.45) is 50.7 Å². The summed E-state index contributed by atoms with van der Waals surface area (Å²) < 4.78 is 49.5. The summed E-state index contributed by atoms with van der Waals surface area (Å²) in [5.74, 6) is -1.14. The Morgan fingerprint density at radius 2 is 1.20 bits per heavy atom. The number of hydrogen-bond donors (Lipinski definition) is 13. The number of rotatable bonds is 11. The van der Waals surface area contributed by atoms with Crippen LogP contribution in [-0.2, 0) is 42.7 Å². The summed E-state index contributed by atoms with van der Waals surface area (Å²) in [5.41, 5.74) is -2.54. The summed E-state index contributed by atoms with van der Waals surface area (Å²) in [6.45, 7) is 14.6. The molecule has 0 aromatic rings. The molecule has 75 heavy (non-hydrogen) atoms. The third kappa shape index (κ3) is 9.12. The summed E-state index contributed by atoms with van der Waals surface area (Å²) in [5, 5.41) is 142. The van der Waals surface area contributed by atoms with Crippen LogP contribution >= 0.6 is 0 Å². The number of aliphatic hydroxyl groups excluding tert-OH is 11. The van der Waals surface area contributed by atoms with Crippen LogP contribution in [0.2, 0.25) is 0 Å². The largest absolute Gasteiger partial charge is 0.481 e. The summed E-state index contributed by atoms with van der Waals surface area (Å²) in [6, 6.07) is 0. The summed E-state index contributed by atoms with van der Waals surface area (Å²) in [7, 11) is 0. The average Bonchev–Trinajstić information content (AvgIpc) is 3.35. The molecule has 4 heterocycles. The van der Waals surface area contributed by atoms with Gasteiger partial charge >= 0.3 is 5.97 Å². The first-order chi connectivity index (χ1) is 35.0. The molecule has 4 saturated heterocycles. The fraction of sp³-hybridized carbons (Fsp3) is 0.943. The zero-order valence-corrected chi connectivity index (χ0v) is 44.4. The predicted octanol–water partition coefficient (Wildman–Crippen LogP) is -0.832. The molecule has 8 fully saturated rings. The maximum Gasteiger partial charge on any atom is 0.310 e. The minimum absolute atomic E-state index is 0.0724. The number of hydrogen-bond acceptors (Lipinski definition) is 21. The Hall–Kier alpha value is -1.59. The van der Waals surface area contributed by atoms with Gasteiger partial charge in [0.15, 0.2) is 25.2 Å². The highest BCUT2D eigenvalue weighted by Gasteiger charge is 2.72. The van der Waals surface area contributed by atoms with Gasteiger partial charge in [0.25, 0.3) is 0 Å². The van der Waals surface area contributed by atoms with Gasteiger partial charge in [0.1, 0.15) is 85.5 Å². The van der Waals surface area contributed by atoms with Gasteiger partial charge in [-0.1, -0.05) is 53.2 Å². The lowest BCUT2D eigenvalue weighted by atomic mass is 9.33. The molecular weight excluding hydrogens is 989 g/mol. The molecule has 4 aliphatic heterocycles. The van der Waals surface area contributed by atoms with E-state index in [-0.39, 0.29) is 34.0 Å². The lowest BCUT2D eigenvalue weighted by Crippen LogP contribution is -2.68. The van der Waals surface area contributed by atoms with Crippen LogP contribution < -0.4 is 0 Å². The molecule has 0 aromatic carbocycles. The van der Waals surface area contributed by atoms with Crippen molar-refractivity contribution in [1.82, 2.24) is 0 Å². The Bertz CT molecular complexity index is 2080. The molecule has 0 radical (unpaired) electrons. The molecule has 29 atom stereocenters. The molecule has 0 aromatic heterocycles. The Balaban J connectivity index is 1.01. The lowest BCUT2D eigenvalue weighted by molar-refractivity contribution is -0.401. The maximum atomic E-state index is 13.3. The molecule has 9 aliphatic rings. The minimum Gasteiger partial charge on any atom is -0.481 e. The molecule has 2 unspecified atom stereocenters. The monoisotopic (exact) mass is 1070 g/mol. The first-order valence-corrected chi connectivity index (χ1v) is 27.3. The first kappa shape index (κ1) is 58.1. The van der Waals surface area contributed by atoms with Crippen LogP contribution in [-0.4, -0.2) is 221 Å². The van der Waals surface area contributed by atoms with Gasteiger partial charge in [0.2, 0.25) is 0 Å². The number of allylic oxidation sites excluding steroid dienone is 1. The normalized spacial score (nSPS) is 55.9. The summed E-state index contributed by atoms with van der Waals surface area (Å²) >= 11 is 0. The quantitative estimate of drug-likeness (QED) is 0.0887. The molecule has 22 heteroatoms. The van der Waals surface area contributed by atoms with E-state index in [1.807, 2.05) is 13.8 Å². The van der Waals surface area contributed by atoms with E-state index in [0.29, 0.717) is 32.1 Å². The van der Waals surface area contributed by atoms with Crippen molar-refractivity contribution in [3.8, 4) is 0 Å². The second-order valence-corrected chi connectivity index (χ2v) is 25.5. The average molecular weight is 1080 g/mol. The van der Waals surface area contributed by atoms with Gasteiger partial charge in [-0.05, 0) is 111 Å². The van der Waals surface area contributed by atoms with Gasteiger partial charge < -0.3 is 104 Å². The second-order valence-electron chi connectivity index (χ2n) is 25.5. The predicted molar refractivity (Wildman–Crippen MR) is 257 cm³/mol. The van der Waals surface area contributed by atoms with E-state index in [2.05, 4.69) is 40.7 Å². The number of carbonyl (C=O) groups is 1. The minimum atomic E-state index is -1.96. The number of ether oxygens (including phenoxy) is 8. The van der Waals surface area contributed by atoms with Crippen LogP contribution in [0.5, 0.6) is 0 Å². The summed E-state index contributed by atoms with van der Waals surface area (Å²) in [6.07, 6.45) is -24.1. The van der Waals surface area contributed by atoms with Crippen LogP contribution in [0.25, 0.3) is 0 Å². The highest BCUT2D eigenvalue weighted by Crippen LogP contribution is 2.76. The summed E-state index contributed by atoms with van der Waals surface area (Å²) in [4.78, 5) is 13.3. The molecule has 13 N–H and O–H groups in total. The Morgan fingerprint density at radius 3 is 1.84 bits per heavy atom. The van der Waals surface area contributed by atoms with Crippen LogP contribution in [0.1, 0.15) is 113 Å². The Labute approximate surface area is 437 Å². The number of carboxylic acid groups (broad SMARTS) is 1. The molecule has 0 spiro atoms. The van der Waals surface area contributed by atoms with E-state index >= 15 is 0 Å². The number of carboxylic acids is 1. The van der Waals surface area contributed by atoms with Crippen LogP contribution in [0.3, 0.4) is 0 Å². The highest BCUT2D eigenvalue weighted by molar-refractivity contribution is 5.77. The van der Waals surface area contributed by atoms with Gasteiger partial charge in [-0.2, -0.15) is 0 Å². The van der Waals surface area contributed by atoms with Crippen molar-refractivity contribution in [2.45, 2.75) is 242 Å². The standard InChI is InChI=1S/C53H86O22/c1-22-11-16-53(47(65)66)18-17-50(6)24(42(53)52(22,8)67)9-10-29-49(5)14-13-30(48(3,4)28(49)12-15-51(29,50)7)72-45-41(75-43-37(63)34(60)31(57)23(2)69-43)39(25(56)21-68-45)73-46-40(36(62)33(59)27(20-55)71-46)74-44-38(64)35(61)32(58)26(19-54)70-44/h9,22-23,25-46,54-64,67H,10-21H2,1-8H3,(H,65,66)/t22-,23+,25+,26-,27-,28?,29-,30+,31+,32-,33-,34-,35+,36+,37-,38-,39+,40-,41-,42?,43+,44+,45+,46+,49+,50-,51-,52-,53+/m1/s1. The van der Waals surface area contributed by atoms with E-state index in [4.69, 9.17) is 37.9 Å². The Kier molecular flexibility index (Phi) is 16.1. The van der Waals surface area contributed by atoms with Crippen molar-refractivity contribution in [1.29, 1.82) is 0 Å². The number of fused-ring (bicyclic) bond motifs is 7. The van der Waals surface area contributed by atoms with Crippen LogP contribution in [0.4, 0.5) is 0 Å². The zero-order chi connectivity index (χ0) is 54.9. The maximum absolute atomic E-state index is 13.3. The SMILES string of the molecule is C[C@@H]1O[C@@H](O[C@H]2[C@H](O[C@H]3CC[C@@]4(C)C(CC[C@]5(C)[C@@H]4CC=C4C6[C@](C(=O)O)(CC[C@@H](C)[C@@]6(C)O)CC[C@]45C)C3(C)C)OC[C@H](O)[C@@H]2O[C@@H]2O[C@H](CO)[C@@H](O)[C@H](O)[C@H]2O[C@@H]2O[C@H](CO)[C@@H](O)[C@H](O)[C@H]2O)[C@H](O)[C@H](O)[C@H]1O. The second kappa shape index (κ2) is 20.7. The lowest BCUT2D eigenvalue weighted by Gasteiger charge is -2.72.